The number of aromatic nitrogens is 2. The van der Waals surface area contributed by atoms with E-state index in [9.17, 15) is 4.79 Å². The molecule has 106 valence electrons. The van der Waals surface area contributed by atoms with Crippen LogP contribution in [0, 0.1) is 6.92 Å². The summed E-state index contributed by atoms with van der Waals surface area (Å²) in [5.41, 5.74) is 2.11. The summed E-state index contributed by atoms with van der Waals surface area (Å²) in [6.45, 7) is 1.86. The zero-order valence-corrected chi connectivity index (χ0v) is 12.7. The number of benzene rings is 1. The average molecular weight is 341 g/mol. The molecule has 2 aromatic rings. The van der Waals surface area contributed by atoms with Gasteiger partial charge in [-0.3, -0.25) is 5.10 Å². The van der Waals surface area contributed by atoms with E-state index < -0.39 is 5.97 Å². The standard InChI is InChI=1S/C13H13BrN2O4/c1-6-11(8-5-9(13(17)18)16-15-8)7(14)4-10(19-2)12(6)20-3/h4-5H,1-3H3,(H,15,16)(H,17,18). The Labute approximate surface area is 123 Å². The number of halogens is 1. The highest BCUT2D eigenvalue weighted by Gasteiger charge is 2.19. The molecule has 0 aliphatic heterocycles. The molecule has 0 bridgehead atoms. The van der Waals surface area contributed by atoms with Crippen LogP contribution >= 0.6 is 15.9 Å². The highest BCUT2D eigenvalue weighted by Crippen LogP contribution is 2.42. The lowest BCUT2D eigenvalue weighted by Crippen LogP contribution is -1.96. The number of ether oxygens (including phenoxy) is 2. The van der Waals surface area contributed by atoms with Crippen molar-refractivity contribution in [2.45, 2.75) is 6.92 Å². The van der Waals surface area contributed by atoms with Crippen LogP contribution in [-0.2, 0) is 0 Å². The predicted octanol–water partition coefficient (Wildman–Crippen LogP) is 2.86. The van der Waals surface area contributed by atoms with Crippen molar-refractivity contribution >= 4 is 21.9 Å². The van der Waals surface area contributed by atoms with Gasteiger partial charge in [-0.15, -0.1) is 0 Å². The molecule has 1 aromatic heterocycles. The second-order valence-electron chi connectivity index (χ2n) is 4.07. The van der Waals surface area contributed by atoms with Gasteiger partial charge in [0.1, 0.15) is 5.69 Å². The number of carboxylic acid groups (broad SMARTS) is 1. The smallest absolute Gasteiger partial charge is 0.353 e. The number of hydrogen-bond acceptors (Lipinski definition) is 4. The van der Waals surface area contributed by atoms with Gasteiger partial charge in [-0.25, -0.2) is 4.79 Å². The summed E-state index contributed by atoms with van der Waals surface area (Å²) in [5.74, 6) is 0.123. The molecule has 0 aliphatic carbocycles. The predicted molar refractivity (Wildman–Crippen MR) is 76.5 cm³/mol. The topological polar surface area (TPSA) is 84.4 Å². The Hall–Kier alpha value is -2.02. The summed E-state index contributed by atoms with van der Waals surface area (Å²) in [6, 6.07) is 3.23. The van der Waals surface area contributed by atoms with Crippen molar-refractivity contribution in [3.8, 4) is 22.8 Å². The average Bonchev–Trinajstić information content (AvgIpc) is 2.87. The van der Waals surface area contributed by atoms with Crippen molar-refractivity contribution in [2.24, 2.45) is 0 Å². The summed E-state index contributed by atoms with van der Waals surface area (Å²) in [6.07, 6.45) is 0. The summed E-state index contributed by atoms with van der Waals surface area (Å²) < 4.78 is 11.3. The quantitative estimate of drug-likeness (QED) is 0.893. The fraction of sp³-hybridized carbons (Fsp3) is 0.231. The van der Waals surface area contributed by atoms with Gasteiger partial charge in [0, 0.05) is 15.6 Å². The fourth-order valence-electron chi connectivity index (χ4n) is 2.01. The zero-order valence-electron chi connectivity index (χ0n) is 11.2. The molecule has 1 aromatic carbocycles. The lowest BCUT2D eigenvalue weighted by molar-refractivity contribution is 0.0690. The van der Waals surface area contributed by atoms with E-state index in [0.29, 0.717) is 17.2 Å². The lowest BCUT2D eigenvalue weighted by atomic mass is 10.0. The van der Waals surface area contributed by atoms with Crippen molar-refractivity contribution in [2.75, 3.05) is 14.2 Å². The van der Waals surface area contributed by atoms with E-state index in [4.69, 9.17) is 14.6 Å². The van der Waals surface area contributed by atoms with Gasteiger partial charge in [0.25, 0.3) is 0 Å². The first-order chi connectivity index (χ1) is 9.49. The SMILES string of the molecule is COc1cc(Br)c(-c2cc(C(=O)O)[nH]n2)c(C)c1OC. The summed E-state index contributed by atoms with van der Waals surface area (Å²) >= 11 is 3.45. The van der Waals surface area contributed by atoms with Gasteiger partial charge in [-0.2, -0.15) is 5.10 Å². The zero-order chi connectivity index (χ0) is 14.9. The number of carboxylic acids is 1. The maximum Gasteiger partial charge on any atom is 0.353 e. The molecule has 0 unspecified atom stereocenters. The van der Waals surface area contributed by atoms with Crippen LogP contribution in [0.25, 0.3) is 11.3 Å². The molecule has 0 radical (unpaired) electrons. The normalized spacial score (nSPS) is 10.4. The molecule has 6 nitrogen and oxygen atoms in total. The molecule has 1 heterocycles. The van der Waals surface area contributed by atoms with E-state index in [1.165, 1.54) is 6.07 Å². The molecular weight excluding hydrogens is 328 g/mol. The number of aromatic amines is 1. The molecule has 0 saturated heterocycles. The van der Waals surface area contributed by atoms with Gasteiger partial charge in [0.05, 0.1) is 19.9 Å². The Balaban J connectivity index is 2.64. The number of nitrogens with one attached hydrogen (secondary N) is 1. The van der Waals surface area contributed by atoms with Gasteiger partial charge in [-0.1, -0.05) is 0 Å². The number of carbonyl (C=O) groups is 1. The largest absolute Gasteiger partial charge is 0.493 e. The second-order valence-corrected chi connectivity index (χ2v) is 4.92. The molecule has 0 saturated carbocycles. The first kappa shape index (κ1) is 14.4. The Bertz CT molecular complexity index is 667. The number of methoxy groups -OCH3 is 2. The molecule has 2 N–H and O–H groups in total. The van der Waals surface area contributed by atoms with Crippen LogP contribution in [0.4, 0.5) is 0 Å². The summed E-state index contributed by atoms with van der Waals surface area (Å²) in [5, 5.41) is 15.4. The third kappa shape index (κ3) is 2.36. The minimum Gasteiger partial charge on any atom is -0.493 e. The molecule has 20 heavy (non-hydrogen) atoms. The van der Waals surface area contributed by atoms with Gasteiger partial charge in [-0.05, 0) is 35.0 Å². The Morgan fingerprint density at radius 1 is 1.35 bits per heavy atom. The van der Waals surface area contributed by atoms with E-state index in [1.54, 1.807) is 20.3 Å². The molecule has 0 amide bonds. The number of rotatable bonds is 4. The Morgan fingerprint density at radius 3 is 2.55 bits per heavy atom. The third-order valence-electron chi connectivity index (χ3n) is 2.92. The van der Waals surface area contributed by atoms with E-state index in [2.05, 4.69) is 26.1 Å². The molecule has 7 heteroatoms. The van der Waals surface area contributed by atoms with Crippen molar-refractivity contribution in [1.82, 2.24) is 10.2 Å². The van der Waals surface area contributed by atoms with Crippen LogP contribution in [0.5, 0.6) is 11.5 Å². The highest BCUT2D eigenvalue weighted by molar-refractivity contribution is 9.10. The second kappa shape index (κ2) is 5.54. The van der Waals surface area contributed by atoms with Crippen LogP contribution in [0.2, 0.25) is 0 Å². The highest BCUT2D eigenvalue weighted by atomic mass is 79.9. The molecule has 0 aliphatic rings. The monoisotopic (exact) mass is 340 g/mol. The minimum absolute atomic E-state index is 0.0288. The van der Waals surface area contributed by atoms with Gasteiger partial charge < -0.3 is 14.6 Å². The lowest BCUT2D eigenvalue weighted by Gasteiger charge is -2.15. The molecule has 2 rings (SSSR count). The molecule has 0 spiro atoms. The summed E-state index contributed by atoms with van der Waals surface area (Å²) in [4.78, 5) is 10.9. The number of H-pyrrole nitrogens is 1. The van der Waals surface area contributed by atoms with E-state index >= 15 is 0 Å². The Kier molecular flexibility index (Phi) is 3.99. The van der Waals surface area contributed by atoms with Crippen LogP contribution in [-0.4, -0.2) is 35.5 Å². The van der Waals surface area contributed by atoms with Crippen molar-refractivity contribution < 1.29 is 19.4 Å². The third-order valence-corrected chi connectivity index (χ3v) is 3.55. The van der Waals surface area contributed by atoms with Crippen molar-refractivity contribution in [3.63, 3.8) is 0 Å². The van der Waals surface area contributed by atoms with E-state index in [-0.39, 0.29) is 5.69 Å². The fourth-order valence-corrected chi connectivity index (χ4v) is 2.72. The van der Waals surface area contributed by atoms with Crippen LogP contribution < -0.4 is 9.47 Å². The molecule has 0 atom stereocenters. The minimum atomic E-state index is -1.06. The van der Waals surface area contributed by atoms with E-state index in [1.807, 2.05) is 6.92 Å². The first-order valence-corrected chi connectivity index (χ1v) is 6.49. The van der Waals surface area contributed by atoms with Crippen LogP contribution in [0.15, 0.2) is 16.6 Å². The number of hydrogen-bond donors (Lipinski definition) is 2. The van der Waals surface area contributed by atoms with Gasteiger partial charge >= 0.3 is 5.97 Å². The maximum absolute atomic E-state index is 10.9. The molecular formula is C13H13BrN2O4. The Morgan fingerprint density at radius 2 is 2.05 bits per heavy atom. The van der Waals surface area contributed by atoms with E-state index in [0.717, 1.165) is 15.6 Å². The van der Waals surface area contributed by atoms with Crippen molar-refractivity contribution in [1.29, 1.82) is 0 Å². The van der Waals surface area contributed by atoms with Gasteiger partial charge in [0.15, 0.2) is 11.5 Å². The van der Waals surface area contributed by atoms with Gasteiger partial charge in [0.2, 0.25) is 0 Å². The number of aromatic carboxylic acids is 1. The number of nitrogens with zero attached hydrogens (tertiary/aromatic N) is 1. The van der Waals surface area contributed by atoms with Crippen LogP contribution in [0.3, 0.4) is 0 Å². The first-order valence-electron chi connectivity index (χ1n) is 5.69. The molecule has 0 fully saturated rings. The van der Waals surface area contributed by atoms with Crippen LogP contribution in [0.1, 0.15) is 16.1 Å². The van der Waals surface area contributed by atoms with Crippen molar-refractivity contribution in [3.05, 3.63) is 27.9 Å². The maximum atomic E-state index is 10.9. The summed E-state index contributed by atoms with van der Waals surface area (Å²) in [7, 11) is 3.11.